The van der Waals surface area contributed by atoms with Gasteiger partial charge in [0.05, 0.1) is 23.3 Å². The Bertz CT molecular complexity index is 1820. The van der Waals surface area contributed by atoms with E-state index in [0.29, 0.717) is 41.2 Å². The maximum atomic E-state index is 13.3. The minimum atomic E-state index is -0.417. The molecule has 4 heterocycles. The number of thiazole rings is 1. The smallest absolute Gasteiger partial charge is 0.318 e. The summed E-state index contributed by atoms with van der Waals surface area (Å²) in [6, 6.07) is 14.4. The average Bonchev–Trinajstić information content (AvgIpc) is 3.53. The van der Waals surface area contributed by atoms with E-state index in [0.717, 1.165) is 21.3 Å². The first-order valence-electron chi connectivity index (χ1n) is 13.1. The molecule has 0 saturated heterocycles. The van der Waals surface area contributed by atoms with Crippen LogP contribution < -0.4 is 16.0 Å². The van der Waals surface area contributed by atoms with Crippen LogP contribution in [0, 0.1) is 0 Å². The molecule has 0 aliphatic carbocycles. The van der Waals surface area contributed by atoms with Gasteiger partial charge in [-0.25, -0.2) is 14.8 Å². The summed E-state index contributed by atoms with van der Waals surface area (Å²) in [4.78, 5) is 57.9. The summed E-state index contributed by atoms with van der Waals surface area (Å²) in [7, 11) is 0. The van der Waals surface area contributed by atoms with Crippen molar-refractivity contribution in [1.82, 2.24) is 30.2 Å². The van der Waals surface area contributed by atoms with Crippen LogP contribution in [0.2, 0.25) is 0 Å². The number of hydrogen-bond acceptors (Lipinski definition) is 7. The zero-order valence-corrected chi connectivity index (χ0v) is 23.6. The van der Waals surface area contributed by atoms with Gasteiger partial charge >= 0.3 is 6.03 Å². The van der Waals surface area contributed by atoms with Gasteiger partial charge in [0.25, 0.3) is 11.8 Å². The Kier molecular flexibility index (Phi) is 6.62. The highest BCUT2D eigenvalue weighted by Crippen LogP contribution is 2.29. The van der Waals surface area contributed by atoms with Gasteiger partial charge in [-0.1, -0.05) is 41.7 Å². The van der Waals surface area contributed by atoms with Crippen molar-refractivity contribution < 1.29 is 14.4 Å². The molecule has 0 atom stereocenters. The molecule has 2 aromatic carbocycles. The van der Waals surface area contributed by atoms with Crippen LogP contribution in [0.3, 0.4) is 0 Å². The molecule has 0 bridgehead atoms. The summed E-state index contributed by atoms with van der Waals surface area (Å²) in [6.45, 7) is 6.83. The number of amides is 4. The molecule has 4 amide bonds. The standard InChI is InChI=1S/C29H28N8O3S/c1-29(2,3)36-28(40)37-12-11-19-22(15-37)41-27(32-19)35-24(38)18-9-6-10-20-23(18)33-26(31-20)34-25(39)21-13-16-7-4-5-8-17(16)14-30-21/h4-10,13-14H,11-12,15H2,1-3H3,(H,36,40)(H,32,35,38)(H2,31,33,34,39). The fourth-order valence-corrected chi connectivity index (χ4v) is 5.66. The van der Waals surface area contributed by atoms with E-state index in [4.69, 9.17) is 0 Å². The van der Waals surface area contributed by atoms with Crippen molar-refractivity contribution in [2.75, 3.05) is 17.2 Å². The molecule has 41 heavy (non-hydrogen) atoms. The van der Waals surface area contributed by atoms with Crippen molar-refractivity contribution in [3.05, 3.63) is 76.6 Å². The quantitative estimate of drug-likeness (QED) is 0.242. The molecular weight excluding hydrogens is 540 g/mol. The first-order valence-corrected chi connectivity index (χ1v) is 14.0. The number of rotatable bonds is 4. The van der Waals surface area contributed by atoms with Crippen LogP contribution in [-0.2, 0) is 13.0 Å². The van der Waals surface area contributed by atoms with E-state index < -0.39 is 5.91 Å². The predicted molar refractivity (Wildman–Crippen MR) is 158 cm³/mol. The third-order valence-electron chi connectivity index (χ3n) is 6.57. The average molecular weight is 569 g/mol. The van der Waals surface area contributed by atoms with Crippen LogP contribution in [0.1, 0.15) is 52.2 Å². The number of benzene rings is 2. The molecule has 6 rings (SSSR count). The summed E-state index contributed by atoms with van der Waals surface area (Å²) in [5.74, 6) is -0.581. The van der Waals surface area contributed by atoms with Gasteiger partial charge in [-0.3, -0.25) is 25.2 Å². The van der Waals surface area contributed by atoms with Crippen molar-refractivity contribution in [3.63, 3.8) is 0 Å². The first-order chi connectivity index (χ1) is 19.6. The number of aromatic nitrogens is 4. The van der Waals surface area contributed by atoms with Crippen LogP contribution in [0.4, 0.5) is 15.9 Å². The number of para-hydroxylation sites is 1. The number of urea groups is 1. The van der Waals surface area contributed by atoms with Crippen LogP contribution in [-0.4, -0.2) is 54.8 Å². The van der Waals surface area contributed by atoms with E-state index in [1.165, 1.54) is 11.3 Å². The Balaban J connectivity index is 1.16. The summed E-state index contributed by atoms with van der Waals surface area (Å²) in [5, 5.41) is 10.9. The molecule has 0 saturated carbocycles. The summed E-state index contributed by atoms with van der Waals surface area (Å²) < 4.78 is 0. The Morgan fingerprint density at radius 1 is 0.976 bits per heavy atom. The highest BCUT2D eigenvalue weighted by Gasteiger charge is 2.27. The van der Waals surface area contributed by atoms with Crippen molar-refractivity contribution in [2.24, 2.45) is 0 Å². The number of carbonyl (C=O) groups is 3. The number of aromatic amines is 1. The Morgan fingerprint density at radius 3 is 2.59 bits per heavy atom. The Labute approximate surface area is 239 Å². The summed E-state index contributed by atoms with van der Waals surface area (Å²) in [5.41, 5.74) is 2.16. The van der Waals surface area contributed by atoms with Gasteiger partial charge in [-0.15, -0.1) is 0 Å². The fourth-order valence-electron chi connectivity index (χ4n) is 4.64. The predicted octanol–water partition coefficient (Wildman–Crippen LogP) is 4.94. The van der Waals surface area contributed by atoms with Gasteiger partial charge in [0.1, 0.15) is 11.2 Å². The lowest BCUT2D eigenvalue weighted by Gasteiger charge is -2.30. The number of nitrogens with zero attached hydrogens (tertiary/aromatic N) is 4. The molecule has 1 aliphatic rings. The highest BCUT2D eigenvalue weighted by atomic mass is 32.1. The van der Waals surface area contributed by atoms with Crippen molar-refractivity contribution in [2.45, 2.75) is 39.3 Å². The normalized spacial score (nSPS) is 13.2. The van der Waals surface area contributed by atoms with Gasteiger partial charge in [0.2, 0.25) is 5.95 Å². The molecule has 12 heteroatoms. The lowest BCUT2D eigenvalue weighted by atomic mass is 10.1. The molecule has 5 aromatic rings. The topological polar surface area (TPSA) is 145 Å². The second-order valence-electron chi connectivity index (χ2n) is 10.9. The van der Waals surface area contributed by atoms with E-state index in [2.05, 4.69) is 35.9 Å². The minimum Gasteiger partial charge on any atom is -0.333 e. The fraction of sp³-hybridized carbons (Fsp3) is 0.241. The first kappa shape index (κ1) is 26.4. The number of imidazole rings is 1. The van der Waals surface area contributed by atoms with E-state index in [-0.39, 0.29) is 29.1 Å². The molecule has 3 aromatic heterocycles. The second-order valence-corrected chi connectivity index (χ2v) is 11.9. The number of carbonyl (C=O) groups excluding carboxylic acids is 3. The van der Waals surface area contributed by atoms with Crippen molar-refractivity contribution >= 4 is 62.1 Å². The van der Waals surface area contributed by atoms with Gasteiger partial charge in [-0.05, 0) is 44.4 Å². The van der Waals surface area contributed by atoms with E-state index in [9.17, 15) is 14.4 Å². The minimum absolute atomic E-state index is 0.119. The van der Waals surface area contributed by atoms with Crippen LogP contribution >= 0.6 is 11.3 Å². The molecule has 0 radical (unpaired) electrons. The number of fused-ring (bicyclic) bond motifs is 3. The molecule has 0 unspecified atom stereocenters. The Hall–Kier alpha value is -4.84. The monoisotopic (exact) mass is 568 g/mol. The highest BCUT2D eigenvalue weighted by molar-refractivity contribution is 7.15. The van der Waals surface area contributed by atoms with E-state index >= 15 is 0 Å². The maximum absolute atomic E-state index is 13.3. The summed E-state index contributed by atoms with van der Waals surface area (Å²) in [6.07, 6.45) is 2.27. The molecule has 208 valence electrons. The molecule has 0 fully saturated rings. The zero-order valence-electron chi connectivity index (χ0n) is 22.7. The molecular formula is C29H28N8O3S. The number of nitrogens with one attached hydrogen (secondary N) is 4. The van der Waals surface area contributed by atoms with Gasteiger partial charge in [-0.2, -0.15) is 0 Å². The number of anilines is 2. The number of H-pyrrole nitrogens is 1. The van der Waals surface area contributed by atoms with Gasteiger partial charge < -0.3 is 15.2 Å². The molecule has 1 aliphatic heterocycles. The van der Waals surface area contributed by atoms with E-state index in [1.807, 2.05) is 45.0 Å². The molecule has 11 nitrogen and oxygen atoms in total. The second kappa shape index (κ2) is 10.3. The zero-order chi connectivity index (χ0) is 28.7. The maximum Gasteiger partial charge on any atom is 0.318 e. The lowest BCUT2D eigenvalue weighted by molar-refractivity contribution is 0.101. The number of hydrogen-bond donors (Lipinski definition) is 4. The largest absolute Gasteiger partial charge is 0.333 e. The van der Waals surface area contributed by atoms with Crippen molar-refractivity contribution in [3.8, 4) is 0 Å². The Morgan fingerprint density at radius 2 is 1.78 bits per heavy atom. The van der Waals surface area contributed by atoms with Crippen LogP contribution in [0.15, 0.2) is 54.7 Å². The number of pyridine rings is 1. The summed E-state index contributed by atoms with van der Waals surface area (Å²) >= 11 is 1.36. The van der Waals surface area contributed by atoms with Gasteiger partial charge in [0.15, 0.2) is 5.13 Å². The molecule has 4 N–H and O–H groups in total. The van der Waals surface area contributed by atoms with Gasteiger partial charge in [0, 0.05) is 35.0 Å². The third-order valence-corrected chi connectivity index (χ3v) is 7.57. The lowest BCUT2D eigenvalue weighted by Crippen LogP contribution is -2.49. The third kappa shape index (κ3) is 5.59. The van der Waals surface area contributed by atoms with Crippen LogP contribution in [0.25, 0.3) is 21.8 Å². The van der Waals surface area contributed by atoms with Crippen molar-refractivity contribution in [1.29, 1.82) is 0 Å². The molecule has 0 spiro atoms. The van der Waals surface area contributed by atoms with Crippen LogP contribution in [0.5, 0.6) is 0 Å². The van der Waals surface area contributed by atoms with E-state index in [1.54, 1.807) is 35.4 Å². The SMILES string of the molecule is CC(C)(C)NC(=O)N1CCc2nc(NC(=O)c3cccc4[nH]c(NC(=O)c5cc6ccccc6cn5)nc34)sc2C1.